The number of hydrogen-bond acceptors (Lipinski definition) is 5. The van der Waals surface area contributed by atoms with Crippen LogP contribution in [0.25, 0.3) is 0 Å². The van der Waals surface area contributed by atoms with Crippen molar-refractivity contribution in [2.75, 3.05) is 11.1 Å². The van der Waals surface area contributed by atoms with Crippen LogP contribution in [0.3, 0.4) is 0 Å². The van der Waals surface area contributed by atoms with Crippen molar-refractivity contribution in [1.29, 1.82) is 0 Å². The van der Waals surface area contributed by atoms with Gasteiger partial charge in [0.25, 0.3) is 5.76 Å². The summed E-state index contributed by atoms with van der Waals surface area (Å²) in [6, 6.07) is 6.90. The zero-order valence-corrected chi connectivity index (χ0v) is 15.5. The molecule has 0 atom stereocenters. The first-order chi connectivity index (χ1) is 12.6. The molecule has 1 amide bonds. The molecule has 2 aromatic rings. The standard InChI is InChI=1S/C17H18F2N4OS2/c18-16(19)26-13-7-3-11(4-8-13)20-14(24)9-25-17-22-21-15(10-1-2-10)23(17)12-5-6-12/h3-4,7-8,10,12,16H,1-2,5-6,9H2,(H,20,24). The first kappa shape index (κ1) is 17.8. The molecule has 0 bridgehead atoms. The highest BCUT2D eigenvalue weighted by Gasteiger charge is 2.36. The van der Waals surface area contributed by atoms with E-state index in [4.69, 9.17) is 0 Å². The lowest BCUT2D eigenvalue weighted by molar-refractivity contribution is -0.113. The fourth-order valence-electron chi connectivity index (χ4n) is 2.73. The van der Waals surface area contributed by atoms with Gasteiger partial charge in [0, 0.05) is 22.5 Å². The minimum atomic E-state index is -2.45. The first-order valence-corrected chi connectivity index (χ1v) is 10.4. The Bertz CT molecular complexity index is 789. The summed E-state index contributed by atoms with van der Waals surface area (Å²) < 4.78 is 26.9. The van der Waals surface area contributed by atoms with Crippen LogP contribution in [0.5, 0.6) is 0 Å². The van der Waals surface area contributed by atoms with Crippen molar-refractivity contribution >= 4 is 35.1 Å². The second-order valence-electron chi connectivity index (χ2n) is 6.46. The Morgan fingerprint density at radius 2 is 1.92 bits per heavy atom. The van der Waals surface area contributed by atoms with Crippen LogP contribution >= 0.6 is 23.5 Å². The Hall–Kier alpha value is -1.61. The summed E-state index contributed by atoms with van der Waals surface area (Å²) in [5.74, 6) is -0.750. The van der Waals surface area contributed by atoms with E-state index in [1.54, 1.807) is 24.3 Å². The molecule has 2 fully saturated rings. The maximum Gasteiger partial charge on any atom is 0.288 e. The number of thioether (sulfide) groups is 2. The summed E-state index contributed by atoms with van der Waals surface area (Å²) in [4.78, 5) is 12.7. The summed E-state index contributed by atoms with van der Waals surface area (Å²) in [5, 5.41) is 12.2. The summed E-state index contributed by atoms with van der Waals surface area (Å²) in [6.45, 7) is 0. The van der Waals surface area contributed by atoms with Gasteiger partial charge >= 0.3 is 0 Å². The highest BCUT2D eigenvalue weighted by Crippen LogP contribution is 2.46. The molecule has 0 aliphatic heterocycles. The lowest BCUT2D eigenvalue weighted by Gasteiger charge is -2.09. The zero-order valence-electron chi connectivity index (χ0n) is 13.9. The van der Waals surface area contributed by atoms with Gasteiger partial charge in [0.05, 0.1) is 5.75 Å². The van der Waals surface area contributed by atoms with E-state index in [2.05, 4.69) is 20.1 Å². The molecule has 2 aliphatic carbocycles. The number of amides is 1. The van der Waals surface area contributed by atoms with Crippen LogP contribution in [0.1, 0.15) is 43.5 Å². The van der Waals surface area contributed by atoms with Crippen LogP contribution in [0.4, 0.5) is 14.5 Å². The number of nitrogens with zero attached hydrogens (tertiary/aromatic N) is 3. The number of anilines is 1. The summed E-state index contributed by atoms with van der Waals surface area (Å²) in [6.07, 6.45) is 4.66. The summed E-state index contributed by atoms with van der Waals surface area (Å²) >= 11 is 1.88. The van der Waals surface area contributed by atoms with Crippen molar-refractivity contribution in [3.05, 3.63) is 30.1 Å². The number of aromatic nitrogens is 3. The first-order valence-electron chi connectivity index (χ1n) is 8.52. The number of carbonyl (C=O) groups excluding carboxylic acids is 1. The predicted molar refractivity (Wildman–Crippen MR) is 97.9 cm³/mol. The fourth-order valence-corrected chi connectivity index (χ4v) is 4.04. The molecule has 5 nitrogen and oxygen atoms in total. The van der Waals surface area contributed by atoms with Gasteiger partial charge in [0.15, 0.2) is 5.16 Å². The Morgan fingerprint density at radius 1 is 1.19 bits per heavy atom. The van der Waals surface area contributed by atoms with E-state index < -0.39 is 5.76 Å². The molecule has 2 saturated carbocycles. The van der Waals surface area contributed by atoms with E-state index in [0.717, 1.165) is 23.8 Å². The maximum absolute atomic E-state index is 12.3. The van der Waals surface area contributed by atoms with Gasteiger partial charge < -0.3 is 9.88 Å². The van der Waals surface area contributed by atoms with Gasteiger partial charge in [0.2, 0.25) is 5.91 Å². The van der Waals surface area contributed by atoms with Crippen LogP contribution in [0, 0.1) is 0 Å². The van der Waals surface area contributed by atoms with E-state index in [0.29, 0.717) is 34.3 Å². The van der Waals surface area contributed by atoms with Crippen molar-refractivity contribution in [2.24, 2.45) is 0 Å². The van der Waals surface area contributed by atoms with Crippen molar-refractivity contribution in [3.8, 4) is 0 Å². The zero-order chi connectivity index (χ0) is 18.1. The molecule has 0 saturated heterocycles. The van der Waals surface area contributed by atoms with Gasteiger partial charge in [-0.1, -0.05) is 23.5 Å². The molecule has 1 aromatic heterocycles. The Labute approximate surface area is 158 Å². The minimum Gasteiger partial charge on any atom is -0.325 e. The van der Waals surface area contributed by atoms with Crippen molar-refractivity contribution in [2.45, 2.75) is 53.5 Å². The fraction of sp³-hybridized carbons (Fsp3) is 0.471. The normalized spacial score (nSPS) is 16.9. The van der Waals surface area contributed by atoms with E-state index in [1.807, 2.05) is 0 Å². The third-order valence-electron chi connectivity index (χ3n) is 4.24. The lowest BCUT2D eigenvalue weighted by Crippen LogP contribution is -2.14. The number of benzene rings is 1. The molecule has 4 rings (SSSR count). The molecular weight excluding hydrogens is 378 g/mol. The van der Waals surface area contributed by atoms with Crippen molar-refractivity contribution in [1.82, 2.24) is 14.8 Å². The Kier molecular flexibility index (Phi) is 5.17. The molecular formula is C17H18F2N4OS2. The van der Waals surface area contributed by atoms with Gasteiger partial charge in [-0.15, -0.1) is 10.2 Å². The molecule has 9 heteroatoms. The van der Waals surface area contributed by atoms with Gasteiger partial charge in [-0.3, -0.25) is 4.79 Å². The van der Waals surface area contributed by atoms with Crippen LogP contribution in [-0.2, 0) is 4.79 Å². The summed E-state index contributed by atoms with van der Waals surface area (Å²) in [5.41, 5.74) is 0.594. The van der Waals surface area contributed by atoms with Crippen LogP contribution in [0.15, 0.2) is 34.3 Å². The molecule has 0 unspecified atom stereocenters. The molecule has 26 heavy (non-hydrogen) atoms. The largest absolute Gasteiger partial charge is 0.325 e. The van der Waals surface area contributed by atoms with Gasteiger partial charge in [-0.25, -0.2) is 0 Å². The second-order valence-corrected chi connectivity index (χ2v) is 8.46. The van der Waals surface area contributed by atoms with Crippen LogP contribution in [-0.4, -0.2) is 32.2 Å². The number of halogens is 2. The highest BCUT2D eigenvalue weighted by molar-refractivity contribution is 8.00. The van der Waals surface area contributed by atoms with Gasteiger partial charge in [0.1, 0.15) is 5.82 Å². The van der Waals surface area contributed by atoms with E-state index in [-0.39, 0.29) is 11.7 Å². The number of alkyl halides is 2. The number of carbonyl (C=O) groups is 1. The second kappa shape index (κ2) is 7.56. The topological polar surface area (TPSA) is 59.8 Å². The monoisotopic (exact) mass is 396 g/mol. The summed E-state index contributed by atoms with van der Waals surface area (Å²) in [7, 11) is 0. The van der Waals surface area contributed by atoms with Crippen molar-refractivity contribution in [3.63, 3.8) is 0 Å². The van der Waals surface area contributed by atoms with Gasteiger partial charge in [-0.05, 0) is 49.9 Å². The van der Waals surface area contributed by atoms with E-state index in [9.17, 15) is 13.6 Å². The molecule has 2 aliphatic rings. The molecule has 1 aromatic carbocycles. The van der Waals surface area contributed by atoms with Crippen molar-refractivity contribution < 1.29 is 13.6 Å². The van der Waals surface area contributed by atoms with Crippen LogP contribution in [0.2, 0.25) is 0 Å². The molecule has 1 N–H and O–H groups in total. The predicted octanol–water partition coefficient (Wildman–Crippen LogP) is 4.54. The minimum absolute atomic E-state index is 0.150. The van der Waals surface area contributed by atoms with E-state index in [1.165, 1.54) is 24.6 Å². The molecule has 1 heterocycles. The average Bonchev–Trinajstić information content (AvgIpc) is 3.53. The quantitative estimate of drug-likeness (QED) is 0.664. The van der Waals surface area contributed by atoms with Gasteiger partial charge in [-0.2, -0.15) is 8.78 Å². The molecule has 0 spiro atoms. The third kappa shape index (κ3) is 4.37. The number of hydrogen-bond donors (Lipinski definition) is 1. The number of rotatable bonds is 8. The SMILES string of the molecule is O=C(CSc1nnc(C2CC2)n1C1CC1)Nc1ccc(SC(F)F)cc1. The molecule has 138 valence electrons. The molecule has 0 radical (unpaired) electrons. The Balaban J connectivity index is 1.33. The van der Waals surface area contributed by atoms with Crippen LogP contribution < -0.4 is 5.32 Å². The van der Waals surface area contributed by atoms with E-state index >= 15 is 0 Å². The number of nitrogens with one attached hydrogen (secondary N) is 1. The average molecular weight is 396 g/mol. The maximum atomic E-state index is 12.3. The smallest absolute Gasteiger partial charge is 0.288 e. The third-order valence-corrected chi connectivity index (χ3v) is 5.91. The Morgan fingerprint density at radius 3 is 2.54 bits per heavy atom. The highest BCUT2D eigenvalue weighted by atomic mass is 32.2. The lowest BCUT2D eigenvalue weighted by atomic mass is 10.3.